The monoisotopic (exact) mass is 510 g/mol. The van der Waals surface area contributed by atoms with Crippen molar-refractivity contribution < 1.29 is 22.7 Å². The fraction of sp³-hybridized carbons (Fsp3) is 0.231. The molecule has 4 rings (SSSR count). The van der Waals surface area contributed by atoms with Crippen molar-refractivity contribution in [1.82, 2.24) is 4.98 Å². The predicted octanol–water partition coefficient (Wildman–Crippen LogP) is 5.10. The second-order valence-electron chi connectivity index (χ2n) is 7.85. The Morgan fingerprint density at radius 1 is 0.914 bits per heavy atom. The minimum absolute atomic E-state index is 0.0725. The SMILES string of the molecule is COc1ccc(OC)c2sc(N(Cc3ccccc3)C(=O)CCCS(=O)(=O)c3ccccc3)nc12. The summed E-state index contributed by atoms with van der Waals surface area (Å²) >= 11 is 1.34. The summed E-state index contributed by atoms with van der Waals surface area (Å²) in [6.07, 6.45) is 0.280. The van der Waals surface area contributed by atoms with Gasteiger partial charge in [0, 0.05) is 6.42 Å². The van der Waals surface area contributed by atoms with Crippen LogP contribution in [0.2, 0.25) is 0 Å². The number of nitrogens with zero attached hydrogens (tertiary/aromatic N) is 2. The zero-order valence-electron chi connectivity index (χ0n) is 19.5. The van der Waals surface area contributed by atoms with E-state index in [4.69, 9.17) is 14.5 Å². The number of fused-ring (bicyclic) bond motifs is 1. The summed E-state index contributed by atoms with van der Waals surface area (Å²) in [5, 5.41) is 0.502. The molecule has 0 aliphatic carbocycles. The molecule has 1 heterocycles. The number of benzene rings is 3. The number of methoxy groups -OCH3 is 2. The predicted molar refractivity (Wildman–Crippen MR) is 138 cm³/mol. The molecule has 0 spiro atoms. The van der Waals surface area contributed by atoms with Crippen LogP contribution < -0.4 is 14.4 Å². The minimum atomic E-state index is -3.46. The summed E-state index contributed by atoms with van der Waals surface area (Å²) < 4.78 is 37.0. The Bertz CT molecular complexity index is 1360. The molecular weight excluding hydrogens is 484 g/mol. The van der Waals surface area contributed by atoms with Crippen LogP contribution in [0.5, 0.6) is 11.5 Å². The number of sulfone groups is 1. The van der Waals surface area contributed by atoms with E-state index in [0.717, 1.165) is 10.3 Å². The quantitative estimate of drug-likeness (QED) is 0.295. The lowest BCUT2D eigenvalue weighted by molar-refractivity contribution is -0.118. The lowest BCUT2D eigenvalue weighted by Gasteiger charge is -2.20. The maximum Gasteiger partial charge on any atom is 0.229 e. The molecule has 1 aromatic heterocycles. The van der Waals surface area contributed by atoms with E-state index in [1.165, 1.54) is 11.3 Å². The maximum absolute atomic E-state index is 13.4. The molecule has 0 fully saturated rings. The van der Waals surface area contributed by atoms with E-state index in [2.05, 4.69) is 0 Å². The second-order valence-corrected chi connectivity index (χ2v) is 10.9. The van der Waals surface area contributed by atoms with Crippen LogP contribution in [-0.2, 0) is 21.2 Å². The molecule has 0 radical (unpaired) electrons. The number of carbonyl (C=O) groups excluding carboxylic acids is 1. The van der Waals surface area contributed by atoms with Crippen molar-refractivity contribution in [2.75, 3.05) is 24.9 Å². The fourth-order valence-corrected chi connectivity index (χ4v) is 6.14. The van der Waals surface area contributed by atoms with Gasteiger partial charge in [0.15, 0.2) is 15.0 Å². The topological polar surface area (TPSA) is 85.8 Å². The van der Waals surface area contributed by atoms with Gasteiger partial charge in [0.25, 0.3) is 0 Å². The van der Waals surface area contributed by atoms with Crippen LogP contribution in [0.3, 0.4) is 0 Å². The largest absolute Gasteiger partial charge is 0.495 e. The number of hydrogen-bond acceptors (Lipinski definition) is 7. The minimum Gasteiger partial charge on any atom is -0.495 e. The highest BCUT2D eigenvalue weighted by atomic mass is 32.2. The Balaban J connectivity index is 1.60. The van der Waals surface area contributed by atoms with Gasteiger partial charge in [0.05, 0.1) is 31.4 Å². The van der Waals surface area contributed by atoms with Gasteiger partial charge in [-0.2, -0.15) is 0 Å². The van der Waals surface area contributed by atoms with Crippen molar-refractivity contribution in [3.63, 3.8) is 0 Å². The number of rotatable bonds is 10. The van der Waals surface area contributed by atoms with Crippen molar-refractivity contribution in [1.29, 1.82) is 0 Å². The Morgan fingerprint density at radius 3 is 2.20 bits per heavy atom. The van der Waals surface area contributed by atoms with Crippen molar-refractivity contribution in [3.05, 3.63) is 78.4 Å². The first-order valence-electron chi connectivity index (χ1n) is 11.1. The lowest BCUT2D eigenvalue weighted by Crippen LogP contribution is -2.30. The van der Waals surface area contributed by atoms with E-state index in [9.17, 15) is 13.2 Å². The van der Waals surface area contributed by atoms with Crippen molar-refractivity contribution in [2.24, 2.45) is 0 Å². The van der Waals surface area contributed by atoms with Gasteiger partial charge in [-0.15, -0.1) is 0 Å². The number of anilines is 1. The van der Waals surface area contributed by atoms with Gasteiger partial charge in [0.1, 0.15) is 21.7 Å². The van der Waals surface area contributed by atoms with Crippen LogP contribution in [0.4, 0.5) is 5.13 Å². The molecule has 0 unspecified atom stereocenters. The summed E-state index contributed by atoms with van der Waals surface area (Å²) in [5.41, 5.74) is 1.56. The van der Waals surface area contributed by atoms with E-state index >= 15 is 0 Å². The number of hydrogen-bond donors (Lipinski definition) is 0. The molecule has 35 heavy (non-hydrogen) atoms. The van der Waals surface area contributed by atoms with Gasteiger partial charge < -0.3 is 9.47 Å². The summed E-state index contributed by atoms with van der Waals surface area (Å²) in [5.74, 6) is 0.924. The third-order valence-electron chi connectivity index (χ3n) is 5.52. The molecule has 7 nitrogen and oxygen atoms in total. The van der Waals surface area contributed by atoms with E-state index in [1.54, 1.807) is 61.6 Å². The molecule has 0 saturated carbocycles. The Morgan fingerprint density at radius 2 is 1.54 bits per heavy atom. The molecular formula is C26H26N2O5S2. The first kappa shape index (κ1) is 24.7. The highest BCUT2D eigenvalue weighted by Gasteiger charge is 2.24. The normalized spacial score (nSPS) is 11.4. The van der Waals surface area contributed by atoms with Crippen LogP contribution in [-0.4, -0.2) is 39.3 Å². The van der Waals surface area contributed by atoms with Crippen molar-refractivity contribution in [3.8, 4) is 11.5 Å². The number of amides is 1. The highest BCUT2D eigenvalue weighted by molar-refractivity contribution is 7.91. The van der Waals surface area contributed by atoms with E-state index in [-0.39, 0.29) is 29.4 Å². The summed E-state index contributed by atoms with van der Waals surface area (Å²) in [6, 6.07) is 21.5. The third-order valence-corrected chi connectivity index (χ3v) is 8.43. The van der Waals surface area contributed by atoms with Gasteiger partial charge in [-0.3, -0.25) is 9.69 Å². The van der Waals surface area contributed by atoms with Crippen LogP contribution in [0.25, 0.3) is 10.2 Å². The standard InChI is InChI=1S/C26H26N2O5S2/c1-32-21-15-16-22(33-2)25-24(21)27-26(34-25)28(18-19-10-5-3-6-11-19)23(29)14-9-17-35(30,31)20-12-7-4-8-13-20/h3-8,10-13,15-16H,9,14,17-18H2,1-2H3. The average Bonchev–Trinajstić information content (AvgIpc) is 3.33. The molecule has 9 heteroatoms. The number of ether oxygens (including phenoxy) is 2. The number of carbonyl (C=O) groups is 1. The first-order chi connectivity index (χ1) is 16.9. The number of thiazole rings is 1. The average molecular weight is 511 g/mol. The van der Waals surface area contributed by atoms with Gasteiger partial charge >= 0.3 is 0 Å². The highest BCUT2D eigenvalue weighted by Crippen LogP contribution is 2.40. The van der Waals surface area contributed by atoms with E-state index in [0.29, 0.717) is 28.7 Å². The van der Waals surface area contributed by atoms with Gasteiger partial charge in [-0.25, -0.2) is 13.4 Å². The number of aromatic nitrogens is 1. The summed E-state index contributed by atoms with van der Waals surface area (Å²) in [6.45, 7) is 0.315. The second kappa shape index (κ2) is 10.9. The van der Waals surface area contributed by atoms with Crippen LogP contribution >= 0.6 is 11.3 Å². The molecule has 0 N–H and O–H groups in total. The molecule has 0 bridgehead atoms. The zero-order chi connectivity index (χ0) is 24.8. The molecule has 4 aromatic rings. The van der Waals surface area contributed by atoms with Gasteiger partial charge in [-0.1, -0.05) is 59.9 Å². The summed E-state index contributed by atoms with van der Waals surface area (Å²) in [7, 11) is -0.307. The lowest BCUT2D eigenvalue weighted by atomic mass is 10.2. The van der Waals surface area contributed by atoms with Crippen LogP contribution in [0.1, 0.15) is 18.4 Å². The Labute approximate surface area is 208 Å². The third kappa shape index (κ3) is 5.63. The smallest absolute Gasteiger partial charge is 0.229 e. The van der Waals surface area contributed by atoms with Crippen LogP contribution in [0, 0.1) is 0 Å². The van der Waals surface area contributed by atoms with Crippen molar-refractivity contribution in [2.45, 2.75) is 24.3 Å². The molecule has 0 saturated heterocycles. The first-order valence-corrected chi connectivity index (χ1v) is 13.5. The molecule has 0 aliphatic heterocycles. The molecule has 1 amide bonds. The summed E-state index contributed by atoms with van der Waals surface area (Å²) in [4.78, 5) is 20.0. The molecule has 182 valence electrons. The maximum atomic E-state index is 13.4. The Hall–Kier alpha value is -3.43. The molecule has 0 atom stereocenters. The molecule has 0 aliphatic rings. The van der Waals surface area contributed by atoms with Gasteiger partial charge in [-0.05, 0) is 36.2 Å². The van der Waals surface area contributed by atoms with Crippen molar-refractivity contribution >= 4 is 42.4 Å². The van der Waals surface area contributed by atoms with E-state index in [1.807, 2.05) is 30.3 Å². The fourth-order valence-electron chi connectivity index (χ4n) is 3.71. The zero-order valence-corrected chi connectivity index (χ0v) is 21.1. The van der Waals surface area contributed by atoms with E-state index < -0.39 is 9.84 Å². The van der Waals surface area contributed by atoms with Crippen LogP contribution in [0.15, 0.2) is 77.7 Å². The molecule has 3 aromatic carbocycles. The van der Waals surface area contributed by atoms with Gasteiger partial charge in [0.2, 0.25) is 5.91 Å². The Kier molecular flexibility index (Phi) is 7.67.